The largest absolute Gasteiger partial charge is 0.478 e. The van der Waals surface area contributed by atoms with Gasteiger partial charge >= 0.3 is 5.97 Å². The second-order valence-corrected chi connectivity index (χ2v) is 5.15. The molecule has 0 radical (unpaired) electrons. The number of hydrogen-bond donors (Lipinski definition) is 2. The van der Waals surface area contributed by atoms with Gasteiger partial charge in [-0.1, -0.05) is 19.9 Å². The highest BCUT2D eigenvalue weighted by atomic mass is 16.4. The normalized spacial score (nSPS) is 12.8. The van der Waals surface area contributed by atoms with Crippen LogP contribution in [0.15, 0.2) is 18.2 Å². The number of benzene rings is 1. The molecule has 2 rings (SSSR count). The Bertz CT molecular complexity index is 619. The topological polar surface area (TPSA) is 75.3 Å². The number of carboxylic acid groups (broad SMARTS) is 1. The van der Waals surface area contributed by atoms with Crippen LogP contribution in [0.5, 0.6) is 0 Å². The van der Waals surface area contributed by atoms with E-state index in [2.05, 4.69) is 11.9 Å². The number of aromatic carboxylic acids is 1. The number of para-hydroxylation sites is 1. The van der Waals surface area contributed by atoms with Gasteiger partial charge in [-0.2, -0.15) is 0 Å². The van der Waals surface area contributed by atoms with Crippen molar-refractivity contribution in [2.45, 2.75) is 33.2 Å². The van der Waals surface area contributed by atoms with E-state index < -0.39 is 5.97 Å². The van der Waals surface area contributed by atoms with Gasteiger partial charge in [0.15, 0.2) is 0 Å². The Labute approximate surface area is 117 Å². The molecule has 0 aliphatic carbocycles. The lowest BCUT2D eigenvalue weighted by Gasteiger charge is -2.14. The van der Waals surface area contributed by atoms with Gasteiger partial charge in [-0.3, -0.25) is 0 Å². The van der Waals surface area contributed by atoms with E-state index in [1.165, 1.54) is 0 Å². The number of hydrogen-bond acceptors (Lipinski definition) is 3. The van der Waals surface area contributed by atoms with Crippen LogP contribution in [0.3, 0.4) is 0 Å². The van der Waals surface area contributed by atoms with Gasteiger partial charge in [0.05, 0.1) is 16.6 Å². The molecule has 0 spiro atoms. The van der Waals surface area contributed by atoms with Crippen LogP contribution < -0.4 is 0 Å². The van der Waals surface area contributed by atoms with E-state index in [1.54, 1.807) is 12.1 Å². The molecule has 5 nitrogen and oxygen atoms in total. The third-order valence-electron chi connectivity index (χ3n) is 3.36. The van der Waals surface area contributed by atoms with Crippen LogP contribution in [-0.2, 0) is 13.0 Å². The standard InChI is InChI=1S/C15H20N2O3/c1-3-5-13-16-12-7-4-6-11(15(19)20)14(12)17(13)8-10(2)9-18/h4,6-7,10,18H,3,5,8-9H2,1-2H3,(H,19,20). The first-order valence-corrected chi connectivity index (χ1v) is 6.90. The number of fused-ring (bicyclic) bond motifs is 1. The SMILES string of the molecule is CCCc1nc2cccc(C(=O)O)c2n1CC(C)CO. The Hall–Kier alpha value is -1.88. The summed E-state index contributed by atoms with van der Waals surface area (Å²) in [6, 6.07) is 5.15. The second kappa shape index (κ2) is 6.05. The van der Waals surface area contributed by atoms with Crippen LogP contribution in [0.25, 0.3) is 11.0 Å². The van der Waals surface area contributed by atoms with Crippen molar-refractivity contribution in [3.8, 4) is 0 Å². The van der Waals surface area contributed by atoms with Crippen LogP contribution in [0.4, 0.5) is 0 Å². The highest BCUT2D eigenvalue weighted by Gasteiger charge is 2.18. The minimum absolute atomic E-state index is 0.0601. The van der Waals surface area contributed by atoms with Crippen molar-refractivity contribution in [1.29, 1.82) is 0 Å². The molecule has 108 valence electrons. The summed E-state index contributed by atoms with van der Waals surface area (Å²) >= 11 is 0. The van der Waals surface area contributed by atoms with Crippen LogP contribution >= 0.6 is 0 Å². The summed E-state index contributed by atoms with van der Waals surface area (Å²) in [4.78, 5) is 15.9. The van der Waals surface area contributed by atoms with Gasteiger partial charge in [0.1, 0.15) is 5.82 Å². The molecule has 0 fully saturated rings. The molecule has 2 aromatic rings. The summed E-state index contributed by atoms with van der Waals surface area (Å²) in [5.41, 5.74) is 1.63. The molecule has 0 saturated carbocycles. The first kappa shape index (κ1) is 14.5. The molecule has 0 saturated heterocycles. The van der Waals surface area contributed by atoms with Crippen molar-refractivity contribution >= 4 is 17.0 Å². The fourth-order valence-electron chi connectivity index (χ4n) is 2.39. The summed E-state index contributed by atoms with van der Waals surface area (Å²) in [6.07, 6.45) is 1.74. The molecular weight excluding hydrogens is 256 g/mol. The highest BCUT2D eigenvalue weighted by Crippen LogP contribution is 2.23. The van der Waals surface area contributed by atoms with Crippen LogP contribution in [0.1, 0.15) is 36.5 Å². The van der Waals surface area contributed by atoms with E-state index in [0.717, 1.165) is 18.7 Å². The lowest BCUT2D eigenvalue weighted by atomic mass is 10.1. The molecule has 1 aromatic carbocycles. The van der Waals surface area contributed by atoms with Gasteiger partial charge in [-0.05, 0) is 24.5 Å². The maximum absolute atomic E-state index is 11.4. The first-order valence-electron chi connectivity index (χ1n) is 6.90. The van der Waals surface area contributed by atoms with E-state index in [1.807, 2.05) is 17.6 Å². The Morgan fingerprint density at radius 2 is 2.20 bits per heavy atom. The van der Waals surface area contributed by atoms with Crippen LogP contribution in [-0.4, -0.2) is 32.3 Å². The number of aliphatic hydroxyl groups excluding tert-OH is 1. The van der Waals surface area contributed by atoms with Crippen molar-refractivity contribution in [3.63, 3.8) is 0 Å². The number of imidazole rings is 1. The Balaban J connectivity index is 2.64. The van der Waals surface area contributed by atoms with Gasteiger partial charge in [0, 0.05) is 19.6 Å². The summed E-state index contributed by atoms with van der Waals surface area (Å²) in [7, 11) is 0. The van der Waals surface area contributed by atoms with Gasteiger partial charge in [-0.25, -0.2) is 9.78 Å². The van der Waals surface area contributed by atoms with Crippen LogP contribution in [0.2, 0.25) is 0 Å². The fourth-order valence-corrected chi connectivity index (χ4v) is 2.39. The zero-order valence-electron chi connectivity index (χ0n) is 11.8. The smallest absolute Gasteiger partial charge is 0.337 e. The minimum Gasteiger partial charge on any atom is -0.478 e. The molecule has 5 heteroatoms. The summed E-state index contributed by atoms with van der Waals surface area (Å²) < 4.78 is 1.95. The van der Waals surface area contributed by atoms with Crippen molar-refractivity contribution in [2.24, 2.45) is 5.92 Å². The van der Waals surface area contributed by atoms with E-state index in [-0.39, 0.29) is 18.1 Å². The van der Waals surface area contributed by atoms with Crippen molar-refractivity contribution in [3.05, 3.63) is 29.6 Å². The summed E-state index contributed by atoms with van der Waals surface area (Å²) in [5.74, 6) is -0.00203. The van der Waals surface area contributed by atoms with E-state index >= 15 is 0 Å². The summed E-state index contributed by atoms with van der Waals surface area (Å²) in [6.45, 7) is 4.65. The average Bonchev–Trinajstić information content (AvgIpc) is 2.76. The molecule has 1 atom stereocenters. The van der Waals surface area contributed by atoms with Crippen LogP contribution in [0, 0.1) is 5.92 Å². The molecule has 0 amide bonds. The number of aliphatic hydroxyl groups is 1. The van der Waals surface area contributed by atoms with Crippen molar-refractivity contribution in [2.75, 3.05) is 6.61 Å². The quantitative estimate of drug-likeness (QED) is 0.849. The first-order chi connectivity index (χ1) is 9.58. The zero-order valence-corrected chi connectivity index (χ0v) is 11.8. The fraction of sp³-hybridized carbons (Fsp3) is 0.467. The van der Waals surface area contributed by atoms with Gasteiger partial charge < -0.3 is 14.8 Å². The Kier molecular flexibility index (Phi) is 4.39. The minimum atomic E-state index is -0.948. The maximum Gasteiger partial charge on any atom is 0.337 e. The lowest BCUT2D eigenvalue weighted by molar-refractivity contribution is 0.0698. The van der Waals surface area contributed by atoms with Crippen molar-refractivity contribution < 1.29 is 15.0 Å². The number of aromatic nitrogens is 2. The number of carboxylic acids is 1. The molecular formula is C15H20N2O3. The number of nitrogens with zero attached hydrogens (tertiary/aromatic N) is 2. The van der Waals surface area contributed by atoms with E-state index in [0.29, 0.717) is 17.6 Å². The molecule has 1 heterocycles. The van der Waals surface area contributed by atoms with Gasteiger partial charge in [0.2, 0.25) is 0 Å². The molecule has 2 N–H and O–H groups in total. The second-order valence-electron chi connectivity index (χ2n) is 5.15. The number of carbonyl (C=O) groups is 1. The molecule has 20 heavy (non-hydrogen) atoms. The number of rotatable bonds is 6. The van der Waals surface area contributed by atoms with Crippen molar-refractivity contribution in [1.82, 2.24) is 9.55 Å². The molecule has 0 bridgehead atoms. The zero-order chi connectivity index (χ0) is 14.7. The average molecular weight is 276 g/mol. The maximum atomic E-state index is 11.4. The lowest BCUT2D eigenvalue weighted by Crippen LogP contribution is -2.15. The third-order valence-corrected chi connectivity index (χ3v) is 3.36. The third kappa shape index (κ3) is 2.67. The van der Waals surface area contributed by atoms with E-state index in [4.69, 9.17) is 0 Å². The predicted molar refractivity (Wildman–Crippen MR) is 76.9 cm³/mol. The van der Waals surface area contributed by atoms with Gasteiger partial charge in [0.25, 0.3) is 0 Å². The van der Waals surface area contributed by atoms with E-state index in [9.17, 15) is 15.0 Å². The number of aryl methyl sites for hydroxylation is 1. The Morgan fingerprint density at radius 3 is 2.80 bits per heavy atom. The Morgan fingerprint density at radius 1 is 1.45 bits per heavy atom. The molecule has 0 aliphatic rings. The monoisotopic (exact) mass is 276 g/mol. The molecule has 1 aromatic heterocycles. The predicted octanol–water partition coefficient (Wildman–Crippen LogP) is 2.32. The summed E-state index contributed by atoms with van der Waals surface area (Å²) in [5, 5.41) is 18.6. The molecule has 1 unspecified atom stereocenters. The van der Waals surface area contributed by atoms with Gasteiger partial charge in [-0.15, -0.1) is 0 Å². The highest BCUT2D eigenvalue weighted by molar-refractivity contribution is 6.01. The molecule has 0 aliphatic heterocycles.